The maximum atomic E-state index is 13.7. The molecule has 2 rings (SSSR count). The van der Waals surface area contributed by atoms with E-state index in [0.29, 0.717) is 5.56 Å². The Labute approximate surface area is 141 Å². The molecular formula is C16H15F3N2O4. The molecule has 134 valence electrons. The lowest BCUT2D eigenvalue weighted by Crippen LogP contribution is -2.10. The highest BCUT2D eigenvalue weighted by Gasteiger charge is 2.21. The van der Waals surface area contributed by atoms with E-state index >= 15 is 0 Å². The molecule has 1 unspecified atom stereocenters. The molecule has 0 radical (unpaired) electrons. The van der Waals surface area contributed by atoms with Gasteiger partial charge in [-0.1, -0.05) is 12.1 Å². The zero-order valence-electron chi connectivity index (χ0n) is 13.3. The standard InChI is InChI=1S/C16H15F3N2O4/c1-9(10-4-3-5-11(6-10)25-16(18)19)20-13-8-15(24-2)12(17)7-14(13)21(22)23/h3-9,16,20H,1-2H3. The molecule has 0 fully saturated rings. The predicted octanol–water partition coefficient (Wildman–Crippen LogP) is 4.52. The fourth-order valence-corrected chi connectivity index (χ4v) is 2.24. The molecular weight excluding hydrogens is 341 g/mol. The van der Waals surface area contributed by atoms with Gasteiger partial charge < -0.3 is 14.8 Å². The minimum atomic E-state index is -2.96. The number of rotatable bonds is 7. The van der Waals surface area contributed by atoms with E-state index in [-0.39, 0.29) is 17.2 Å². The van der Waals surface area contributed by atoms with Crippen LogP contribution in [-0.4, -0.2) is 18.6 Å². The molecule has 0 spiro atoms. The molecule has 1 N–H and O–H groups in total. The van der Waals surface area contributed by atoms with Crippen LogP contribution >= 0.6 is 0 Å². The summed E-state index contributed by atoms with van der Waals surface area (Å²) in [4.78, 5) is 10.4. The van der Waals surface area contributed by atoms with Gasteiger partial charge >= 0.3 is 6.61 Å². The Hall–Kier alpha value is -2.97. The van der Waals surface area contributed by atoms with E-state index < -0.39 is 29.1 Å². The van der Waals surface area contributed by atoms with Gasteiger partial charge in [-0.25, -0.2) is 4.39 Å². The van der Waals surface area contributed by atoms with Crippen molar-refractivity contribution in [2.24, 2.45) is 0 Å². The average Bonchev–Trinajstić information content (AvgIpc) is 2.55. The second kappa shape index (κ2) is 7.73. The Bertz CT molecular complexity index is 771. The number of nitro benzene ring substituents is 1. The van der Waals surface area contributed by atoms with Crippen molar-refractivity contribution in [2.45, 2.75) is 19.6 Å². The van der Waals surface area contributed by atoms with E-state index in [1.807, 2.05) is 0 Å². The molecule has 9 heteroatoms. The van der Waals surface area contributed by atoms with Crippen molar-refractivity contribution in [2.75, 3.05) is 12.4 Å². The van der Waals surface area contributed by atoms with Crippen LogP contribution in [0, 0.1) is 15.9 Å². The number of nitrogens with zero attached hydrogens (tertiary/aromatic N) is 1. The minimum Gasteiger partial charge on any atom is -0.494 e. The summed E-state index contributed by atoms with van der Waals surface area (Å²) >= 11 is 0. The summed E-state index contributed by atoms with van der Waals surface area (Å²) in [6.07, 6.45) is 0. The lowest BCUT2D eigenvalue weighted by atomic mass is 10.1. The third-order valence-electron chi connectivity index (χ3n) is 3.42. The zero-order chi connectivity index (χ0) is 18.6. The summed E-state index contributed by atoms with van der Waals surface area (Å²) < 4.78 is 47.4. The highest BCUT2D eigenvalue weighted by atomic mass is 19.3. The molecule has 25 heavy (non-hydrogen) atoms. The first-order valence-corrected chi connectivity index (χ1v) is 7.15. The monoisotopic (exact) mass is 356 g/mol. The van der Waals surface area contributed by atoms with Crippen LogP contribution in [0.5, 0.6) is 11.5 Å². The van der Waals surface area contributed by atoms with E-state index in [4.69, 9.17) is 4.74 Å². The summed E-state index contributed by atoms with van der Waals surface area (Å²) in [6.45, 7) is -1.29. The Morgan fingerprint density at radius 3 is 2.56 bits per heavy atom. The van der Waals surface area contributed by atoms with E-state index in [0.717, 1.165) is 6.07 Å². The molecule has 0 heterocycles. The van der Waals surface area contributed by atoms with Crippen LogP contribution in [0.4, 0.5) is 24.5 Å². The van der Waals surface area contributed by atoms with Crippen LogP contribution in [0.15, 0.2) is 36.4 Å². The lowest BCUT2D eigenvalue weighted by Gasteiger charge is -2.17. The Kier molecular flexibility index (Phi) is 5.68. The number of hydrogen-bond donors (Lipinski definition) is 1. The molecule has 0 saturated heterocycles. The van der Waals surface area contributed by atoms with Crippen LogP contribution in [0.2, 0.25) is 0 Å². The van der Waals surface area contributed by atoms with Gasteiger partial charge in [0.1, 0.15) is 11.4 Å². The van der Waals surface area contributed by atoms with Gasteiger partial charge in [-0.15, -0.1) is 0 Å². The summed E-state index contributed by atoms with van der Waals surface area (Å²) in [7, 11) is 1.24. The van der Waals surface area contributed by atoms with Crippen LogP contribution in [0.25, 0.3) is 0 Å². The molecule has 0 aliphatic rings. The van der Waals surface area contributed by atoms with Crippen molar-refractivity contribution in [3.63, 3.8) is 0 Å². The van der Waals surface area contributed by atoms with Gasteiger partial charge in [-0.05, 0) is 24.6 Å². The summed E-state index contributed by atoms with van der Waals surface area (Å²) in [5, 5.41) is 14.0. The first kappa shape index (κ1) is 18.4. The number of methoxy groups -OCH3 is 1. The van der Waals surface area contributed by atoms with Gasteiger partial charge in [0.15, 0.2) is 11.6 Å². The molecule has 2 aromatic carbocycles. The first-order valence-electron chi connectivity index (χ1n) is 7.15. The van der Waals surface area contributed by atoms with Crippen molar-refractivity contribution >= 4 is 11.4 Å². The molecule has 0 saturated carbocycles. The van der Waals surface area contributed by atoms with Crippen LogP contribution in [0.3, 0.4) is 0 Å². The maximum Gasteiger partial charge on any atom is 0.387 e. The number of hydrogen-bond acceptors (Lipinski definition) is 5. The number of benzene rings is 2. The third-order valence-corrected chi connectivity index (χ3v) is 3.42. The third kappa shape index (κ3) is 4.52. The average molecular weight is 356 g/mol. The molecule has 0 aromatic heterocycles. The Morgan fingerprint density at radius 2 is 1.96 bits per heavy atom. The van der Waals surface area contributed by atoms with E-state index in [1.54, 1.807) is 13.0 Å². The van der Waals surface area contributed by atoms with Crippen molar-refractivity contribution < 1.29 is 27.6 Å². The predicted molar refractivity (Wildman–Crippen MR) is 84.7 cm³/mol. The maximum absolute atomic E-state index is 13.7. The second-order valence-corrected chi connectivity index (χ2v) is 5.08. The topological polar surface area (TPSA) is 73.6 Å². The van der Waals surface area contributed by atoms with Crippen LogP contribution in [-0.2, 0) is 0 Å². The van der Waals surface area contributed by atoms with E-state index in [9.17, 15) is 23.3 Å². The highest BCUT2D eigenvalue weighted by Crippen LogP contribution is 2.34. The molecule has 2 aromatic rings. The highest BCUT2D eigenvalue weighted by molar-refractivity contribution is 5.65. The first-order chi connectivity index (χ1) is 11.8. The molecule has 6 nitrogen and oxygen atoms in total. The number of anilines is 1. The van der Waals surface area contributed by atoms with E-state index in [2.05, 4.69) is 10.1 Å². The quantitative estimate of drug-likeness (QED) is 0.583. The van der Waals surface area contributed by atoms with Gasteiger partial charge in [-0.3, -0.25) is 10.1 Å². The molecule has 0 aliphatic heterocycles. The van der Waals surface area contributed by atoms with Gasteiger partial charge in [0.05, 0.1) is 18.1 Å². The van der Waals surface area contributed by atoms with Crippen molar-refractivity contribution in [1.82, 2.24) is 0 Å². The number of nitro groups is 1. The lowest BCUT2D eigenvalue weighted by molar-refractivity contribution is -0.384. The number of alkyl halides is 2. The number of ether oxygens (including phenoxy) is 2. The molecule has 0 aliphatic carbocycles. The van der Waals surface area contributed by atoms with Crippen LogP contribution < -0.4 is 14.8 Å². The smallest absolute Gasteiger partial charge is 0.387 e. The Morgan fingerprint density at radius 1 is 1.24 bits per heavy atom. The molecule has 0 bridgehead atoms. The summed E-state index contributed by atoms with van der Waals surface area (Å²) in [5.41, 5.74) is 0.122. The summed E-state index contributed by atoms with van der Waals surface area (Å²) in [6, 6.07) is 7.33. The van der Waals surface area contributed by atoms with Gasteiger partial charge in [0.25, 0.3) is 5.69 Å². The van der Waals surface area contributed by atoms with Gasteiger partial charge in [0, 0.05) is 12.1 Å². The fourth-order valence-electron chi connectivity index (χ4n) is 2.24. The van der Waals surface area contributed by atoms with Crippen molar-refractivity contribution in [3.05, 3.63) is 57.9 Å². The number of nitrogens with one attached hydrogen (secondary N) is 1. The SMILES string of the molecule is COc1cc(NC(C)c2cccc(OC(F)F)c2)c([N+](=O)[O-])cc1F. The minimum absolute atomic E-state index is 0.0349. The molecule has 1 atom stereocenters. The summed E-state index contributed by atoms with van der Waals surface area (Å²) in [5.74, 6) is -1.05. The Balaban J connectivity index is 2.31. The molecule has 0 amide bonds. The number of halogens is 3. The van der Waals surface area contributed by atoms with Crippen molar-refractivity contribution in [3.8, 4) is 11.5 Å². The van der Waals surface area contributed by atoms with Crippen molar-refractivity contribution in [1.29, 1.82) is 0 Å². The van der Waals surface area contributed by atoms with Gasteiger partial charge in [-0.2, -0.15) is 8.78 Å². The fraction of sp³-hybridized carbons (Fsp3) is 0.250. The largest absolute Gasteiger partial charge is 0.494 e. The zero-order valence-corrected chi connectivity index (χ0v) is 13.3. The normalized spacial score (nSPS) is 11.9. The van der Waals surface area contributed by atoms with E-state index in [1.165, 1.54) is 31.4 Å². The van der Waals surface area contributed by atoms with Gasteiger partial charge in [0.2, 0.25) is 0 Å². The van der Waals surface area contributed by atoms with Crippen LogP contribution in [0.1, 0.15) is 18.5 Å². The second-order valence-electron chi connectivity index (χ2n) is 5.08.